The van der Waals surface area contributed by atoms with Crippen molar-refractivity contribution in [3.05, 3.63) is 36.0 Å². The van der Waals surface area contributed by atoms with Gasteiger partial charge in [0.2, 0.25) is 11.8 Å². The summed E-state index contributed by atoms with van der Waals surface area (Å²) in [5.74, 6) is -0.823. The van der Waals surface area contributed by atoms with E-state index in [0.717, 1.165) is 10.9 Å². The van der Waals surface area contributed by atoms with Crippen LogP contribution >= 0.6 is 0 Å². The van der Waals surface area contributed by atoms with Crippen molar-refractivity contribution in [3.8, 4) is 0 Å². The molecule has 0 bridgehead atoms. The third-order valence-corrected chi connectivity index (χ3v) is 3.68. The predicted octanol–water partition coefficient (Wildman–Crippen LogP) is -0.0570. The molecule has 2 rings (SSSR count). The van der Waals surface area contributed by atoms with Gasteiger partial charge >= 0.3 is 0 Å². The number of fused-ring (bicyclic) bond motifs is 1. The largest absolute Gasteiger partial charge is 0.370 e. The number of nitrogens with two attached hydrogens (primary N) is 3. The molecule has 0 saturated carbocycles. The number of aldehydes is 1. The van der Waals surface area contributed by atoms with Gasteiger partial charge in [-0.1, -0.05) is 18.2 Å². The normalized spacial score (nSPS) is 13.7. The maximum Gasteiger partial charge on any atom is 0.247 e. The summed E-state index contributed by atoms with van der Waals surface area (Å²) in [6, 6.07) is 5.86. The summed E-state index contributed by atoms with van der Waals surface area (Å²) in [5.41, 5.74) is 18.1. The first kappa shape index (κ1) is 16.9. The van der Waals surface area contributed by atoms with Crippen LogP contribution in [-0.2, 0) is 16.0 Å². The summed E-state index contributed by atoms with van der Waals surface area (Å²) in [4.78, 5) is 34.1. The highest BCUT2D eigenvalue weighted by Crippen LogP contribution is 2.22. The molecule has 0 spiro atoms. The Morgan fingerprint density at radius 2 is 1.91 bits per heavy atom. The summed E-state index contributed by atoms with van der Waals surface area (Å²) in [6.07, 6.45) is 2.90. The molecular weight excluding hydrogens is 296 g/mol. The van der Waals surface area contributed by atoms with Crippen LogP contribution in [-0.4, -0.2) is 34.8 Å². The topological polar surface area (TPSA) is 134 Å². The molecule has 0 saturated heterocycles. The number of hydrogen-bond acceptors (Lipinski definition) is 5. The van der Waals surface area contributed by atoms with Crippen molar-refractivity contribution in [1.29, 1.82) is 0 Å². The van der Waals surface area contributed by atoms with Gasteiger partial charge in [0.25, 0.3) is 0 Å². The maximum absolute atomic E-state index is 12.5. The predicted molar refractivity (Wildman–Crippen MR) is 86.7 cm³/mol. The summed E-state index contributed by atoms with van der Waals surface area (Å²) in [7, 11) is 0. The van der Waals surface area contributed by atoms with E-state index in [1.165, 1.54) is 4.57 Å². The van der Waals surface area contributed by atoms with E-state index in [9.17, 15) is 14.4 Å². The van der Waals surface area contributed by atoms with Gasteiger partial charge in [-0.25, -0.2) is 0 Å². The second-order valence-corrected chi connectivity index (χ2v) is 5.50. The third-order valence-electron chi connectivity index (χ3n) is 3.68. The molecule has 23 heavy (non-hydrogen) atoms. The van der Waals surface area contributed by atoms with Crippen LogP contribution in [0.2, 0.25) is 0 Å². The minimum atomic E-state index is -0.828. The second kappa shape index (κ2) is 7.17. The number of hydrogen-bond donors (Lipinski definition) is 3. The average Bonchev–Trinajstić information content (AvgIpc) is 2.90. The van der Waals surface area contributed by atoms with Crippen molar-refractivity contribution in [2.24, 2.45) is 17.2 Å². The molecule has 1 aromatic carbocycles. The Morgan fingerprint density at radius 3 is 2.57 bits per heavy atom. The first-order chi connectivity index (χ1) is 10.9. The van der Waals surface area contributed by atoms with Crippen LogP contribution in [0, 0.1) is 0 Å². The van der Waals surface area contributed by atoms with Gasteiger partial charge < -0.3 is 22.0 Å². The quantitative estimate of drug-likeness (QED) is 0.615. The number of amides is 1. The van der Waals surface area contributed by atoms with Crippen LogP contribution in [0.25, 0.3) is 10.9 Å². The lowest BCUT2D eigenvalue weighted by Gasteiger charge is -2.11. The van der Waals surface area contributed by atoms with Crippen LogP contribution in [0.3, 0.4) is 0 Å². The monoisotopic (exact) mass is 316 g/mol. The molecule has 0 aliphatic rings. The van der Waals surface area contributed by atoms with Crippen LogP contribution in [0.15, 0.2) is 30.5 Å². The summed E-state index contributed by atoms with van der Waals surface area (Å²) >= 11 is 0. The number of rotatable bonds is 7. The molecule has 2 aromatic rings. The van der Waals surface area contributed by atoms with Crippen molar-refractivity contribution in [2.75, 3.05) is 0 Å². The molecule has 122 valence electrons. The van der Waals surface area contributed by atoms with E-state index in [1.807, 2.05) is 18.2 Å². The van der Waals surface area contributed by atoms with E-state index in [1.54, 1.807) is 12.3 Å². The third kappa shape index (κ3) is 3.82. The van der Waals surface area contributed by atoms with Crippen molar-refractivity contribution >= 4 is 29.0 Å². The minimum absolute atomic E-state index is 0.0506. The first-order valence-electron chi connectivity index (χ1n) is 7.32. The number of para-hydroxylation sites is 1. The van der Waals surface area contributed by atoms with Gasteiger partial charge in [0.1, 0.15) is 6.29 Å². The Hall–Kier alpha value is -2.51. The van der Waals surface area contributed by atoms with E-state index in [-0.39, 0.29) is 18.7 Å². The Balaban J connectivity index is 2.34. The highest BCUT2D eigenvalue weighted by atomic mass is 16.2. The number of aromatic nitrogens is 1. The SMILES string of the molecule is NC(=O)CC[C@H](N)C(=O)n1cc(C[C@H](N)C=O)c2ccccc21. The van der Waals surface area contributed by atoms with Gasteiger partial charge in [0.15, 0.2) is 0 Å². The standard InChI is InChI=1S/C16H20N4O3/c17-11(9-21)7-10-8-20(14-4-2-1-3-12(10)14)16(23)13(18)5-6-15(19)22/h1-4,8-9,11,13H,5-7,17-18H2,(H2,19,22)/t11-,13-/m0/s1. The van der Waals surface area contributed by atoms with Gasteiger partial charge in [-0.2, -0.15) is 0 Å². The van der Waals surface area contributed by atoms with Crippen LogP contribution < -0.4 is 17.2 Å². The van der Waals surface area contributed by atoms with E-state index < -0.39 is 18.0 Å². The summed E-state index contributed by atoms with van der Waals surface area (Å²) in [5, 5.41) is 0.847. The first-order valence-corrected chi connectivity index (χ1v) is 7.32. The fraction of sp³-hybridized carbons (Fsp3) is 0.312. The van der Waals surface area contributed by atoms with E-state index in [0.29, 0.717) is 18.2 Å². The molecule has 0 aliphatic heterocycles. The van der Waals surface area contributed by atoms with Gasteiger partial charge in [-0.05, 0) is 24.5 Å². The molecular formula is C16H20N4O3. The van der Waals surface area contributed by atoms with Crippen molar-refractivity contribution in [1.82, 2.24) is 4.57 Å². The van der Waals surface area contributed by atoms with Gasteiger partial charge in [-0.15, -0.1) is 0 Å². The van der Waals surface area contributed by atoms with Crippen molar-refractivity contribution < 1.29 is 14.4 Å². The molecule has 0 radical (unpaired) electrons. The maximum atomic E-state index is 12.5. The summed E-state index contributed by atoms with van der Waals surface area (Å²) < 4.78 is 1.45. The zero-order chi connectivity index (χ0) is 17.0. The van der Waals surface area contributed by atoms with Gasteiger partial charge in [-0.3, -0.25) is 14.2 Å². The van der Waals surface area contributed by atoms with E-state index in [2.05, 4.69) is 0 Å². The summed E-state index contributed by atoms with van der Waals surface area (Å²) in [6.45, 7) is 0. The number of nitrogens with zero attached hydrogens (tertiary/aromatic N) is 1. The van der Waals surface area contributed by atoms with E-state index >= 15 is 0 Å². The fourth-order valence-electron chi connectivity index (χ4n) is 2.50. The lowest BCUT2D eigenvalue weighted by Crippen LogP contribution is -2.35. The van der Waals surface area contributed by atoms with Crippen LogP contribution in [0.4, 0.5) is 0 Å². The number of carbonyl (C=O) groups is 3. The smallest absolute Gasteiger partial charge is 0.247 e. The van der Waals surface area contributed by atoms with Crippen molar-refractivity contribution in [2.45, 2.75) is 31.3 Å². The fourth-order valence-corrected chi connectivity index (χ4v) is 2.50. The molecule has 7 heteroatoms. The van der Waals surface area contributed by atoms with Crippen LogP contribution in [0.5, 0.6) is 0 Å². The molecule has 7 nitrogen and oxygen atoms in total. The average molecular weight is 316 g/mol. The lowest BCUT2D eigenvalue weighted by molar-refractivity contribution is -0.118. The molecule has 1 amide bonds. The zero-order valence-electron chi connectivity index (χ0n) is 12.6. The molecule has 1 aromatic heterocycles. The molecule has 0 fully saturated rings. The number of benzene rings is 1. The molecule has 1 heterocycles. The zero-order valence-corrected chi connectivity index (χ0v) is 12.6. The molecule has 6 N–H and O–H groups in total. The second-order valence-electron chi connectivity index (χ2n) is 5.50. The Morgan fingerprint density at radius 1 is 1.22 bits per heavy atom. The van der Waals surface area contributed by atoms with Crippen LogP contribution in [0.1, 0.15) is 23.2 Å². The Kier molecular flexibility index (Phi) is 5.25. The lowest BCUT2D eigenvalue weighted by atomic mass is 10.1. The van der Waals surface area contributed by atoms with Crippen molar-refractivity contribution in [3.63, 3.8) is 0 Å². The highest BCUT2D eigenvalue weighted by molar-refractivity contribution is 5.96. The molecule has 2 atom stereocenters. The Bertz CT molecular complexity index is 738. The molecule has 0 aliphatic carbocycles. The van der Waals surface area contributed by atoms with Gasteiger partial charge in [0, 0.05) is 18.0 Å². The molecule has 0 unspecified atom stereocenters. The highest BCUT2D eigenvalue weighted by Gasteiger charge is 2.20. The van der Waals surface area contributed by atoms with E-state index in [4.69, 9.17) is 17.2 Å². The number of carbonyl (C=O) groups excluding carboxylic acids is 3. The minimum Gasteiger partial charge on any atom is -0.370 e. The van der Waals surface area contributed by atoms with Gasteiger partial charge in [0.05, 0.1) is 17.6 Å². The Labute approximate surface area is 133 Å². The number of primary amides is 1.